The summed E-state index contributed by atoms with van der Waals surface area (Å²) in [5.41, 5.74) is 8.88. The molecule has 1 heterocycles. The third-order valence-electron chi connectivity index (χ3n) is 3.16. The molecule has 0 bridgehead atoms. The molecule has 0 spiro atoms. The number of rotatable bonds is 6. The fourth-order valence-electron chi connectivity index (χ4n) is 2.24. The van der Waals surface area contributed by atoms with Crippen LogP contribution >= 0.6 is 11.3 Å². The zero-order valence-electron chi connectivity index (χ0n) is 10.9. The molecule has 0 aliphatic heterocycles. The van der Waals surface area contributed by atoms with E-state index in [0.29, 0.717) is 0 Å². The van der Waals surface area contributed by atoms with Crippen molar-refractivity contribution in [2.75, 3.05) is 0 Å². The largest absolute Gasteiger partial charge is 0.327 e. The van der Waals surface area contributed by atoms with Crippen LogP contribution in [0.4, 0.5) is 0 Å². The normalized spacial score (nSPS) is 12.6. The molecule has 96 valence electrons. The predicted octanol–water partition coefficient (Wildman–Crippen LogP) is 3.95. The summed E-state index contributed by atoms with van der Waals surface area (Å²) in [6, 6.07) is 13.3. The second-order valence-corrected chi connectivity index (χ2v) is 5.96. The fourth-order valence-corrected chi connectivity index (χ4v) is 2.99. The van der Waals surface area contributed by atoms with E-state index in [1.807, 2.05) is 11.3 Å². The van der Waals surface area contributed by atoms with Crippen LogP contribution in [0.15, 0.2) is 41.8 Å². The van der Waals surface area contributed by atoms with Crippen molar-refractivity contribution in [2.45, 2.75) is 38.6 Å². The topological polar surface area (TPSA) is 26.0 Å². The van der Waals surface area contributed by atoms with E-state index in [1.165, 1.54) is 28.8 Å². The highest BCUT2D eigenvalue weighted by Crippen LogP contribution is 2.14. The summed E-state index contributed by atoms with van der Waals surface area (Å²) in [4.78, 5) is 1.47. The summed E-state index contributed by atoms with van der Waals surface area (Å²) in [6.07, 6.45) is 4.45. The Morgan fingerprint density at radius 3 is 2.83 bits per heavy atom. The molecule has 2 N–H and O–H groups in total. The van der Waals surface area contributed by atoms with Crippen molar-refractivity contribution < 1.29 is 0 Å². The van der Waals surface area contributed by atoms with E-state index in [-0.39, 0.29) is 6.04 Å². The Balaban J connectivity index is 1.73. The maximum atomic E-state index is 6.20. The zero-order valence-corrected chi connectivity index (χ0v) is 11.7. The Hall–Kier alpha value is -1.12. The van der Waals surface area contributed by atoms with Crippen molar-refractivity contribution in [3.63, 3.8) is 0 Å². The summed E-state index contributed by atoms with van der Waals surface area (Å²) in [5.74, 6) is 0. The van der Waals surface area contributed by atoms with Crippen LogP contribution in [0.5, 0.6) is 0 Å². The lowest BCUT2D eigenvalue weighted by molar-refractivity contribution is 0.581. The number of aryl methyl sites for hydroxylation is 2. The number of thiophene rings is 1. The van der Waals surface area contributed by atoms with Crippen molar-refractivity contribution in [1.29, 1.82) is 0 Å². The first-order chi connectivity index (χ1) is 8.74. The van der Waals surface area contributed by atoms with Gasteiger partial charge in [-0.2, -0.15) is 0 Å². The summed E-state index contributed by atoms with van der Waals surface area (Å²) in [5, 5.41) is 2.14. The molecule has 0 fully saturated rings. The molecular weight excluding hydrogens is 238 g/mol. The van der Waals surface area contributed by atoms with E-state index in [0.717, 1.165) is 12.8 Å². The Morgan fingerprint density at radius 1 is 1.22 bits per heavy atom. The van der Waals surface area contributed by atoms with E-state index in [2.05, 4.69) is 48.7 Å². The summed E-state index contributed by atoms with van der Waals surface area (Å²) < 4.78 is 0. The van der Waals surface area contributed by atoms with Crippen molar-refractivity contribution in [2.24, 2.45) is 5.73 Å². The van der Waals surface area contributed by atoms with Crippen LogP contribution < -0.4 is 5.73 Å². The van der Waals surface area contributed by atoms with Gasteiger partial charge in [-0.25, -0.2) is 0 Å². The van der Waals surface area contributed by atoms with Gasteiger partial charge in [0.2, 0.25) is 0 Å². The van der Waals surface area contributed by atoms with E-state index in [9.17, 15) is 0 Å². The molecule has 2 heteroatoms. The number of hydrogen-bond acceptors (Lipinski definition) is 2. The third kappa shape index (κ3) is 4.28. The van der Waals surface area contributed by atoms with Gasteiger partial charge < -0.3 is 5.73 Å². The Labute approximate surface area is 114 Å². The molecule has 2 rings (SSSR count). The van der Waals surface area contributed by atoms with Gasteiger partial charge in [-0.05, 0) is 49.6 Å². The van der Waals surface area contributed by atoms with Gasteiger partial charge in [0.1, 0.15) is 0 Å². The second kappa shape index (κ2) is 6.72. The Morgan fingerprint density at radius 2 is 2.11 bits per heavy atom. The van der Waals surface area contributed by atoms with Crippen molar-refractivity contribution >= 4 is 11.3 Å². The molecule has 0 aliphatic rings. The van der Waals surface area contributed by atoms with Gasteiger partial charge in [0.15, 0.2) is 0 Å². The number of hydrogen-bond donors (Lipinski definition) is 1. The predicted molar refractivity (Wildman–Crippen MR) is 80.1 cm³/mol. The molecule has 0 amide bonds. The smallest absolute Gasteiger partial charge is 0.00794 e. The fraction of sp³-hybridized carbons (Fsp3) is 0.375. The first kappa shape index (κ1) is 13.3. The van der Waals surface area contributed by atoms with Crippen LogP contribution in [0.1, 0.15) is 28.8 Å². The van der Waals surface area contributed by atoms with E-state index in [4.69, 9.17) is 5.73 Å². The van der Waals surface area contributed by atoms with Gasteiger partial charge in [-0.1, -0.05) is 35.9 Å². The second-order valence-electron chi connectivity index (χ2n) is 4.92. The van der Waals surface area contributed by atoms with Gasteiger partial charge in [0.25, 0.3) is 0 Å². The van der Waals surface area contributed by atoms with Gasteiger partial charge in [0, 0.05) is 10.9 Å². The van der Waals surface area contributed by atoms with Gasteiger partial charge in [-0.15, -0.1) is 11.3 Å². The van der Waals surface area contributed by atoms with Gasteiger partial charge >= 0.3 is 0 Å². The molecule has 1 unspecified atom stereocenters. The van der Waals surface area contributed by atoms with Crippen molar-refractivity contribution in [3.8, 4) is 0 Å². The highest BCUT2D eigenvalue weighted by molar-refractivity contribution is 7.09. The number of benzene rings is 1. The zero-order chi connectivity index (χ0) is 12.8. The van der Waals surface area contributed by atoms with Crippen LogP contribution in [-0.4, -0.2) is 6.04 Å². The molecule has 0 aliphatic carbocycles. The minimum atomic E-state index is 0.284. The van der Waals surface area contributed by atoms with Crippen LogP contribution in [-0.2, 0) is 12.8 Å². The lowest BCUT2D eigenvalue weighted by Crippen LogP contribution is -2.22. The summed E-state index contributed by atoms with van der Waals surface area (Å²) >= 11 is 1.84. The molecule has 1 atom stereocenters. The molecule has 0 radical (unpaired) electrons. The molecule has 18 heavy (non-hydrogen) atoms. The van der Waals surface area contributed by atoms with Crippen molar-refractivity contribution in [3.05, 3.63) is 57.8 Å². The van der Waals surface area contributed by atoms with Crippen LogP contribution in [0.25, 0.3) is 0 Å². The van der Waals surface area contributed by atoms with E-state index in [1.54, 1.807) is 0 Å². The first-order valence-electron chi connectivity index (χ1n) is 6.57. The highest BCUT2D eigenvalue weighted by Gasteiger charge is 2.04. The third-order valence-corrected chi connectivity index (χ3v) is 4.09. The minimum Gasteiger partial charge on any atom is -0.327 e. The van der Waals surface area contributed by atoms with Crippen LogP contribution in [0.3, 0.4) is 0 Å². The molecule has 2 aromatic rings. The van der Waals surface area contributed by atoms with Crippen LogP contribution in [0, 0.1) is 6.92 Å². The minimum absolute atomic E-state index is 0.284. The first-order valence-corrected chi connectivity index (χ1v) is 7.45. The molecule has 0 saturated carbocycles. The molecule has 1 aromatic carbocycles. The van der Waals surface area contributed by atoms with E-state index >= 15 is 0 Å². The number of nitrogens with two attached hydrogens (primary N) is 1. The van der Waals surface area contributed by atoms with Crippen LogP contribution in [0.2, 0.25) is 0 Å². The maximum Gasteiger partial charge on any atom is 0.00794 e. The van der Waals surface area contributed by atoms with Gasteiger partial charge in [0.05, 0.1) is 0 Å². The SMILES string of the molecule is Cc1cccc(CC(N)CCCc2cccs2)c1. The average Bonchev–Trinajstić information content (AvgIpc) is 2.82. The average molecular weight is 259 g/mol. The quantitative estimate of drug-likeness (QED) is 0.835. The Bertz CT molecular complexity index is 462. The lowest BCUT2D eigenvalue weighted by atomic mass is 10.0. The summed E-state index contributed by atoms with van der Waals surface area (Å²) in [6.45, 7) is 2.13. The van der Waals surface area contributed by atoms with E-state index < -0.39 is 0 Å². The Kier molecular flexibility index (Phi) is 4.97. The lowest BCUT2D eigenvalue weighted by Gasteiger charge is -2.11. The monoisotopic (exact) mass is 259 g/mol. The maximum absolute atomic E-state index is 6.20. The van der Waals surface area contributed by atoms with Crippen molar-refractivity contribution in [1.82, 2.24) is 0 Å². The highest BCUT2D eigenvalue weighted by atomic mass is 32.1. The molecule has 1 aromatic heterocycles. The summed E-state index contributed by atoms with van der Waals surface area (Å²) in [7, 11) is 0. The molecule has 1 nitrogen and oxygen atoms in total. The standard InChI is InChI=1S/C16H21NS/c1-13-5-2-6-14(11-13)12-15(17)7-3-8-16-9-4-10-18-16/h2,4-6,9-11,15H,3,7-8,12,17H2,1H3. The van der Waals surface area contributed by atoms with Gasteiger partial charge in [-0.3, -0.25) is 0 Å². The molecule has 0 saturated heterocycles. The molecular formula is C16H21NS.